The zero-order valence-electron chi connectivity index (χ0n) is 12.8. The van der Waals surface area contributed by atoms with Gasteiger partial charge in [-0.3, -0.25) is 4.79 Å². The summed E-state index contributed by atoms with van der Waals surface area (Å²) >= 11 is 0. The lowest BCUT2D eigenvalue weighted by atomic mass is 9.99. The topological polar surface area (TPSA) is 55.1 Å². The number of nitrogen functional groups attached to an aromatic ring is 1. The molecule has 0 heterocycles. The largest absolute Gasteiger partial charge is 0.399 e. The van der Waals surface area contributed by atoms with Gasteiger partial charge in [0.2, 0.25) is 5.91 Å². The number of hydrogen-bond donors (Lipinski definition) is 2. The molecule has 0 saturated carbocycles. The van der Waals surface area contributed by atoms with E-state index < -0.39 is 0 Å². The number of nitrogens with two attached hydrogens (primary N) is 1. The first-order chi connectivity index (χ1) is 9.67. The number of anilines is 1. The van der Waals surface area contributed by atoms with E-state index in [9.17, 15) is 4.79 Å². The summed E-state index contributed by atoms with van der Waals surface area (Å²) in [5, 5.41) is 3.05. The maximum atomic E-state index is 11.9. The van der Waals surface area contributed by atoms with Crippen molar-refractivity contribution in [2.45, 2.75) is 52.4 Å². The van der Waals surface area contributed by atoms with E-state index in [1.165, 1.54) is 19.3 Å². The van der Waals surface area contributed by atoms with Gasteiger partial charge in [0, 0.05) is 18.7 Å². The quantitative estimate of drug-likeness (QED) is 0.678. The Labute approximate surface area is 122 Å². The molecule has 0 spiro atoms. The van der Waals surface area contributed by atoms with Crippen molar-refractivity contribution in [1.82, 2.24) is 5.32 Å². The van der Waals surface area contributed by atoms with E-state index in [1.807, 2.05) is 24.3 Å². The molecule has 1 aromatic carbocycles. The van der Waals surface area contributed by atoms with E-state index >= 15 is 0 Å². The zero-order valence-corrected chi connectivity index (χ0v) is 12.8. The van der Waals surface area contributed by atoms with Crippen molar-refractivity contribution in [3.05, 3.63) is 29.8 Å². The van der Waals surface area contributed by atoms with Crippen LogP contribution in [0.3, 0.4) is 0 Å². The van der Waals surface area contributed by atoms with Gasteiger partial charge in [-0.05, 0) is 30.4 Å². The molecule has 0 saturated heterocycles. The molecular formula is C17H28N2O. The van der Waals surface area contributed by atoms with Crippen molar-refractivity contribution in [3.8, 4) is 0 Å². The molecule has 1 atom stereocenters. The fraction of sp³-hybridized carbons (Fsp3) is 0.588. The standard InChI is InChI=1S/C17H28N2O/c1-3-5-8-14(4-2)13-19-17(20)12-11-15-9-6-7-10-16(15)18/h6-7,9-10,14H,3-5,8,11-13,18H2,1-2H3,(H,19,20). The number of carbonyl (C=O) groups is 1. The lowest BCUT2D eigenvalue weighted by Crippen LogP contribution is -2.29. The van der Waals surface area contributed by atoms with Gasteiger partial charge in [-0.1, -0.05) is 51.3 Å². The first-order valence-corrected chi connectivity index (χ1v) is 7.77. The number of nitrogens with one attached hydrogen (secondary N) is 1. The number of unbranched alkanes of at least 4 members (excludes halogenated alkanes) is 1. The average molecular weight is 276 g/mol. The maximum Gasteiger partial charge on any atom is 0.220 e. The predicted octanol–water partition coefficient (Wildman–Crippen LogP) is 3.53. The molecule has 1 unspecified atom stereocenters. The number of aryl methyl sites for hydroxylation is 1. The first kappa shape index (κ1) is 16.5. The minimum Gasteiger partial charge on any atom is -0.399 e. The molecule has 3 heteroatoms. The molecule has 0 radical (unpaired) electrons. The highest BCUT2D eigenvalue weighted by atomic mass is 16.1. The van der Waals surface area contributed by atoms with Crippen LogP contribution in [0.15, 0.2) is 24.3 Å². The monoisotopic (exact) mass is 276 g/mol. The highest BCUT2D eigenvalue weighted by molar-refractivity contribution is 5.76. The molecule has 3 N–H and O–H groups in total. The van der Waals surface area contributed by atoms with E-state index in [1.54, 1.807) is 0 Å². The molecule has 1 rings (SSSR count). The summed E-state index contributed by atoms with van der Waals surface area (Å²) in [4.78, 5) is 11.9. The number of rotatable bonds is 9. The Kier molecular flexibility index (Phi) is 7.78. The third kappa shape index (κ3) is 6.09. The Morgan fingerprint density at radius 3 is 2.70 bits per heavy atom. The van der Waals surface area contributed by atoms with Crippen LogP contribution in [0.25, 0.3) is 0 Å². The molecule has 3 nitrogen and oxygen atoms in total. The number of benzene rings is 1. The van der Waals surface area contributed by atoms with Crippen LogP contribution in [0.2, 0.25) is 0 Å². The van der Waals surface area contributed by atoms with Crippen LogP contribution >= 0.6 is 0 Å². The molecule has 0 aliphatic rings. The minimum absolute atomic E-state index is 0.128. The van der Waals surface area contributed by atoms with Gasteiger partial charge in [-0.15, -0.1) is 0 Å². The summed E-state index contributed by atoms with van der Waals surface area (Å²) in [6.45, 7) is 5.20. The van der Waals surface area contributed by atoms with Crippen molar-refractivity contribution in [2.24, 2.45) is 5.92 Å². The fourth-order valence-corrected chi connectivity index (χ4v) is 2.30. The molecule has 0 aliphatic carbocycles. The molecule has 0 aliphatic heterocycles. The number of carbonyl (C=O) groups excluding carboxylic acids is 1. The lowest BCUT2D eigenvalue weighted by Gasteiger charge is -2.15. The fourth-order valence-electron chi connectivity index (χ4n) is 2.30. The molecular weight excluding hydrogens is 248 g/mol. The summed E-state index contributed by atoms with van der Waals surface area (Å²) in [5.74, 6) is 0.740. The summed E-state index contributed by atoms with van der Waals surface area (Å²) in [7, 11) is 0. The van der Waals surface area contributed by atoms with Gasteiger partial charge in [0.25, 0.3) is 0 Å². The van der Waals surface area contributed by atoms with Gasteiger partial charge < -0.3 is 11.1 Å². The van der Waals surface area contributed by atoms with Gasteiger partial charge in [0.1, 0.15) is 0 Å². The van der Waals surface area contributed by atoms with Gasteiger partial charge in [-0.25, -0.2) is 0 Å². The Morgan fingerprint density at radius 1 is 1.30 bits per heavy atom. The van der Waals surface area contributed by atoms with Gasteiger partial charge in [0.15, 0.2) is 0 Å². The van der Waals surface area contributed by atoms with E-state index in [0.29, 0.717) is 18.8 Å². The van der Waals surface area contributed by atoms with Crippen molar-refractivity contribution < 1.29 is 4.79 Å². The Bertz CT molecular complexity index is 404. The molecule has 20 heavy (non-hydrogen) atoms. The molecule has 0 bridgehead atoms. The first-order valence-electron chi connectivity index (χ1n) is 7.77. The third-order valence-corrected chi connectivity index (χ3v) is 3.81. The van der Waals surface area contributed by atoms with Crippen LogP contribution < -0.4 is 11.1 Å². The smallest absolute Gasteiger partial charge is 0.220 e. The van der Waals surface area contributed by atoms with Gasteiger partial charge >= 0.3 is 0 Å². The van der Waals surface area contributed by atoms with Crippen LogP contribution in [-0.2, 0) is 11.2 Å². The summed E-state index contributed by atoms with van der Waals surface area (Å²) in [6, 6.07) is 7.74. The van der Waals surface area contributed by atoms with Crippen molar-refractivity contribution in [3.63, 3.8) is 0 Å². The molecule has 1 aromatic rings. The predicted molar refractivity (Wildman–Crippen MR) is 85.5 cm³/mol. The maximum absolute atomic E-state index is 11.9. The summed E-state index contributed by atoms with van der Waals surface area (Å²) in [5.41, 5.74) is 7.70. The number of hydrogen-bond acceptors (Lipinski definition) is 2. The van der Waals surface area contributed by atoms with Crippen LogP contribution in [-0.4, -0.2) is 12.5 Å². The minimum atomic E-state index is 0.128. The van der Waals surface area contributed by atoms with E-state index in [-0.39, 0.29) is 5.91 Å². The van der Waals surface area contributed by atoms with Crippen molar-refractivity contribution in [1.29, 1.82) is 0 Å². The van der Waals surface area contributed by atoms with Crippen LogP contribution in [0.1, 0.15) is 51.5 Å². The third-order valence-electron chi connectivity index (χ3n) is 3.81. The molecule has 0 aromatic heterocycles. The van der Waals surface area contributed by atoms with E-state index in [2.05, 4.69) is 19.2 Å². The van der Waals surface area contributed by atoms with Crippen molar-refractivity contribution in [2.75, 3.05) is 12.3 Å². The van der Waals surface area contributed by atoms with E-state index in [4.69, 9.17) is 5.73 Å². The van der Waals surface area contributed by atoms with Crippen molar-refractivity contribution >= 4 is 11.6 Å². The number of amides is 1. The molecule has 112 valence electrons. The van der Waals surface area contributed by atoms with Gasteiger partial charge in [0.05, 0.1) is 0 Å². The second kappa shape index (κ2) is 9.40. The van der Waals surface area contributed by atoms with Gasteiger partial charge in [-0.2, -0.15) is 0 Å². The molecule has 0 fully saturated rings. The highest BCUT2D eigenvalue weighted by Crippen LogP contribution is 2.13. The summed E-state index contributed by atoms with van der Waals surface area (Å²) < 4.78 is 0. The highest BCUT2D eigenvalue weighted by Gasteiger charge is 2.09. The zero-order chi connectivity index (χ0) is 14.8. The van der Waals surface area contributed by atoms with E-state index in [0.717, 1.165) is 24.2 Å². The Balaban J connectivity index is 2.28. The Hall–Kier alpha value is -1.51. The SMILES string of the molecule is CCCCC(CC)CNC(=O)CCc1ccccc1N. The Morgan fingerprint density at radius 2 is 2.05 bits per heavy atom. The second-order valence-corrected chi connectivity index (χ2v) is 5.42. The van der Waals surface area contributed by atoms with Crippen LogP contribution in [0, 0.1) is 5.92 Å². The average Bonchev–Trinajstić information content (AvgIpc) is 2.46. The normalized spacial score (nSPS) is 12.1. The lowest BCUT2D eigenvalue weighted by molar-refractivity contribution is -0.121. The number of para-hydroxylation sites is 1. The van der Waals surface area contributed by atoms with Crippen LogP contribution in [0.5, 0.6) is 0 Å². The van der Waals surface area contributed by atoms with Crippen LogP contribution in [0.4, 0.5) is 5.69 Å². The second-order valence-electron chi connectivity index (χ2n) is 5.42. The molecule has 1 amide bonds. The summed E-state index contributed by atoms with van der Waals surface area (Å²) in [6.07, 6.45) is 6.03.